The summed E-state index contributed by atoms with van der Waals surface area (Å²) < 4.78 is 43.1. The highest BCUT2D eigenvalue weighted by Crippen LogP contribution is 2.37. The highest BCUT2D eigenvalue weighted by atomic mass is 19.4. The van der Waals surface area contributed by atoms with Gasteiger partial charge in [-0.25, -0.2) is 4.79 Å². The van der Waals surface area contributed by atoms with Crippen molar-refractivity contribution >= 4 is 17.7 Å². The Kier molecular flexibility index (Phi) is 4.21. The third kappa shape index (κ3) is 3.76. The standard InChI is InChI=1S/C14H8F3NO5/c15-14(16,17)8-1-4-10(11(7-8)18(21)22)12-5-2-9(23-12)3-6-13(19)20/h1-7H,(H,19,20)/b6-3-. The average Bonchev–Trinajstić information content (AvgIpc) is 2.92. The molecule has 9 heteroatoms. The Morgan fingerprint density at radius 3 is 2.52 bits per heavy atom. The third-order valence-electron chi connectivity index (χ3n) is 2.80. The van der Waals surface area contributed by atoms with E-state index in [1.54, 1.807) is 0 Å². The summed E-state index contributed by atoms with van der Waals surface area (Å²) in [6.45, 7) is 0. The van der Waals surface area contributed by atoms with Gasteiger partial charge >= 0.3 is 12.1 Å². The zero-order valence-corrected chi connectivity index (χ0v) is 11.2. The zero-order chi connectivity index (χ0) is 17.2. The van der Waals surface area contributed by atoms with E-state index in [4.69, 9.17) is 9.52 Å². The minimum Gasteiger partial charge on any atom is -0.478 e. The number of aliphatic carboxylic acids is 1. The molecule has 23 heavy (non-hydrogen) atoms. The van der Waals surface area contributed by atoms with E-state index in [0.29, 0.717) is 12.1 Å². The van der Waals surface area contributed by atoms with Crippen LogP contribution in [-0.2, 0) is 11.0 Å². The fourth-order valence-corrected chi connectivity index (χ4v) is 1.81. The lowest BCUT2D eigenvalue weighted by atomic mass is 10.1. The number of benzene rings is 1. The molecule has 0 amide bonds. The van der Waals surface area contributed by atoms with Crippen molar-refractivity contribution in [1.82, 2.24) is 0 Å². The number of alkyl halides is 3. The van der Waals surface area contributed by atoms with Crippen LogP contribution in [0.25, 0.3) is 17.4 Å². The Morgan fingerprint density at radius 1 is 1.26 bits per heavy atom. The molecule has 0 spiro atoms. The molecule has 0 aliphatic carbocycles. The molecule has 1 heterocycles. The number of carboxylic acids is 1. The van der Waals surface area contributed by atoms with Gasteiger partial charge in [-0.1, -0.05) is 0 Å². The maximum Gasteiger partial charge on any atom is 0.416 e. The molecule has 0 saturated carbocycles. The lowest BCUT2D eigenvalue weighted by molar-refractivity contribution is -0.384. The predicted molar refractivity (Wildman–Crippen MR) is 72.5 cm³/mol. The largest absolute Gasteiger partial charge is 0.478 e. The second-order valence-corrected chi connectivity index (χ2v) is 4.36. The van der Waals surface area contributed by atoms with Gasteiger partial charge in [0.05, 0.1) is 16.1 Å². The fraction of sp³-hybridized carbons (Fsp3) is 0.0714. The Labute approximate surface area is 126 Å². The van der Waals surface area contributed by atoms with Crippen molar-refractivity contribution in [2.24, 2.45) is 0 Å². The van der Waals surface area contributed by atoms with E-state index < -0.39 is 28.3 Å². The Bertz CT molecular complexity index is 792. The molecule has 1 N–H and O–H groups in total. The summed E-state index contributed by atoms with van der Waals surface area (Å²) >= 11 is 0. The van der Waals surface area contributed by atoms with E-state index in [1.807, 2.05) is 0 Å². The molecule has 0 fully saturated rings. The van der Waals surface area contributed by atoms with Crippen LogP contribution in [0.1, 0.15) is 11.3 Å². The van der Waals surface area contributed by atoms with Gasteiger partial charge in [0.1, 0.15) is 11.5 Å². The lowest BCUT2D eigenvalue weighted by Crippen LogP contribution is -2.06. The van der Waals surface area contributed by atoms with Gasteiger partial charge in [0, 0.05) is 12.1 Å². The molecule has 1 aromatic carbocycles. The lowest BCUT2D eigenvalue weighted by Gasteiger charge is -2.07. The first-order valence-corrected chi connectivity index (χ1v) is 6.05. The van der Waals surface area contributed by atoms with Gasteiger partial charge in [-0.2, -0.15) is 13.2 Å². The molecule has 2 aromatic rings. The predicted octanol–water partition coefficient (Wildman–Crippen LogP) is 3.97. The van der Waals surface area contributed by atoms with Crippen molar-refractivity contribution in [1.29, 1.82) is 0 Å². The summed E-state index contributed by atoms with van der Waals surface area (Å²) in [5.41, 5.74) is -2.05. The van der Waals surface area contributed by atoms with Crippen molar-refractivity contribution in [3.63, 3.8) is 0 Å². The van der Waals surface area contributed by atoms with Gasteiger partial charge in [0.25, 0.3) is 5.69 Å². The van der Waals surface area contributed by atoms with E-state index >= 15 is 0 Å². The third-order valence-corrected chi connectivity index (χ3v) is 2.80. The Balaban J connectivity index is 2.47. The highest BCUT2D eigenvalue weighted by molar-refractivity contribution is 5.85. The molecule has 0 bridgehead atoms. The first-order chi connectivity index (χ1) is 10.7. The SMILES string of the molecule is O=C(O)/C=C\c1ccc(-c2ccc(C(F)(F)F)cc2[N+](=O)[O-])o1. The maximum atomic E-state index is 12.6. The fourth-order valence-electron chi connectivity index (χ4n) is 1.81. The second kappa shape index (κ2) is 5.95. The molecular weight excluding hydrogens is 319 g/mol. The number of nitro groups is 1. The molecule has 2 rings (SSSR count). The number of hydrogen-bond donors (Lipinski definition) is 1. The van der Waals surface area contributed by atoms with Crippen LogP contribution in [0.5, 0.6) is 0 Å². The van der Waals surface area contributed by atoms with E-state index in [9.17, 15) is 28.1 Å². The normalized spacial score (nSPS) is 11.8. The van der Waals surface area contributed by atoms with Crippen LogP contribution < -0.4 is 0 Å². The number of nitrogens with zero attached hydrogens (tertiary/aromatic N) is 1. The van der Waals surface area contributed by atoms with Gasteiger partial charge in [-0.15, -0.1) is 0 Å². The molecule has 0 aliphatic rings. The summed E-state index contributed by atoms with van der Waals surface area (Å²) in [7, 11) is 0. The molecule has 6 nitrogen and oxygen atoms in total. The zero-order valence-electron chi connectivity index (χ0n) is 11.2. The number of furan rings is 1. The maximum absolute atomic E-state index is 12.6. The van der Waals surface area contributed by atoms with Crippen LogP contribution >= 0.6 is 0 Å². The first kappa shape index (κ1) is 16.3. The van der Waals surface area contributed by atoms with E-state index in [1.165, 1.54) is 12.1 Å². The molecule has 0 saturated heterocycles. The number of hydrogen-bond acceptors (Lipinski definition) is 4. The highest BCUT2D eigenvalue weighted by Gasteiger charge is 2.33. The van der Waals surface area contributed by atoms with E-state index in [2.05, 4.69) is 0 Å². The summed E-state index contributed by atoms with van der Waals surface area (Å²) in [5.74, 6) is -1.17. The molecule has 120 valence electrons. The summed E-state index contributed by atoms with van der Waals surface area (Å²) in [5, 5.41) is 19.5. The summed E-state index contributed by atoms with van der Waals surface area (Å²) in [4.78, 5) is 20.5. The Hall–Kier alpha value is -3.10. The number of carbonyl (C=O) groups is 1. The van der Waals surface area contributed by atoms with Crippen molar-refractivity contribution in [2.45, 2.75) is 6.18 Å². The number of rotatable bonds is 4. The molecule has 0 atom stereocenters. The smallest absolute Gasteiger partial charge is 0.416 e. The van der Waals surface area contributed by atoms with Crippen LogP contribution in [0, 0.1) is 10.1 Å². The van der Waals surface area contributed by atoms with E-state index in [-0.39, 0.29) is 17.1 Å². The van der Waals surface area contributed by atoms with Crippen molar-refractivity contribution in [2.75, 3.05) is 0 Å². The van der Waals surface area contributed by atoms with Gasteiger partial charge < -0.3 is 9.52 Å². The van der Waals surface area contributed by atoms with Crippen LogP contribution in [0.4, 0.5) is 18.9 Å². The van der Waals surface area contributed by atoms with Crippen LogP contribution in [0.3, 0.4) is 0 Å². The van der Waals surface area contributed by atoms with Crippen LogP contribution in [0.2, 0.25) is 0 Å². The van der Waals surface area contributed by atoms with Crippen molar-refractivity contribution < 1.29 is 32.4 Å². The second-order valence-electron chi connectivity index (χ2n) is 4.36. The minimum atomic E-state index is -4.71. The minimum absolute atomic E-state index is 0.0459. The Morgan fingerprint density at radius 2 is 1.96 bits per heavy atom. The van der Waals surface area contributed by atoms with Crippen molar-refractivity contribution in [3.8, 4) is 11.3 Å². The quantitative estimate of drug-likeness (QED) is 0.521. The van der Waals surface area contributed by atoms with Gasteiger partial charge in [0.2, 0.25) is 0 Å². The van der Waals surface area contributed by atoms with Crippen molar-refractivity contribution in [3.05, 3.63) is 57.8 Å². The molecule has 1 aromatic heterocycles. The van der Waals surface area contributed by atoms with Crippen LogP contribution in [0.15, 0.2) is 40.8 Å². The number of halogens is 3. The van der Waals surface area contributed by atoms with Crippen LogP contribution in [-0.4, -0.2) is 16.0 Å². The number of nitro benzene ring substituents is 1. The topological polar surface area (TPSA) is 93.6 Å². The van der Waals surface area contributed by atoms with Gasteiger partial charge in [-0.3, -0.25) is 10.1 Å². The summed E-state index contributed by atoms with van der Waals surface area (Å²) in [6, 6.07) is 4.71. The van der Waals surface area contributed by atoms with E-state index in [0.717, 1.165) is 18.2 Å². The van der Waals surface area contributed by atoms with Gasteiger partial charge in [-0.05, 0) is 30.3 Å². The monoisotopic (exact) mass is 327 g/mol. The molecule has 0 aliphatic heterocycles. The summed E-state index contributed by atoms with van der Waals surface area (Å²) in [6.07, 6.45) is -2.80. The number of carboxylic acid groups (broad SMARTS) is 1. The first-order valence-electron chi connectivity index (χ1n) is 6.05. The molecule has 0 radical (unpaired) electrons. The molecule has 0 unspecified atom stereocenters. The average molecular weight is 327 g/mol. The molecular formula is C14H8F3NO5. The van der Waals surface area contributed by atoms with Gasteiger partial charge in [0.15, 0.2) is 0 Å².